The molecule has 2 atom stereocenters. The van der Waals surface area contributed by atoms with Crippen molar-refractivity contribution in [1.82, 2.24) is 5.32 Å². The number of aromatic hydroxyl groups is 1. The largest absolute Gasteiger partial charge is 0.507 e. The number of rotatable bonds is 5. The average molecular weight is 252 g/mol. The summed E-state index contributed by atoms with van der Waals surface area (Å²) in [5.41, 5.74) is 5.89. The normalized spacial score (nSPS) is 13.8. The van der Waals surface area contributed by atoms with Crippen molar-refractivity contribution in [1.29, 1.82) is 0 Å². The molecule has 18 heavy (non-hydrogen) atoms. The van der Waals surface area contributed by atoms with Crippen LogP contribution in [0.4, 0.5) is 0 Å². The highest BCUT2D eigenvalue weighted by atomic mass is 16.5. The van der Waals surface area contributed by atoms with Crippen LogP contribution in [0.25, 0.3) is 0 Å². The van der Waals surface area contributed by atoms with Crippen LogP contribution < -0.4 is 15.8 Å². The first-order valence-corrected chi connectivity index (χ1v) is 5.87. The number of phenols is 1. The van der Waals surface area contributed by atoms with Gasteiger partial charge in [-0.1, -0.05) is 0 Å². The molecule has 1 aromatic carbocycles. The van der Waals surface area contributed by atoms with Gasteiger partial charge in [-0.25, -0.2) is 0 Å². The van der Waals surface area contributed by atoms with Crippen molar-refractivity contribution >= 4 is 5.91 Å². The predicted molar refractivity (Wildman–Crippen MR) is 69.9 cm³/mol. The van der Waals surface area contributed by atoms with Crippen molar-refractivity contribution in [2.24, 2.45) is 5.73 Å². The number of methoxy groups -OCH3 is 1. The van der Waals surface area contributed by atoms with Gasteiger partial charge in [0.2, 0.25) is 0 Å². The molecule has 0 heterocycles. The smallest absolute Gasteiger partial charge is 0.255 e. The lowest BCUT2D eigenvalue weighted by molar-refractivity contribution is 0.0935. The third-order valence-electron chi connectivity index (χ3n) is 2.55. The van der Waals surface area contributed by atoms with Gasteiger partial charge in [0.1, 0.15) is 11.5 Å². The molecule has 1 amide bonds. The molecule has 0 aliphatic rings. The summed E-state index contributed by atoms with van der Waals surface area (Å²) < 4.78 is 4.96. The fraction of sp³-hybridized carbons (Fsp3) is 0.462. The SMILES string of the molecule is COc1ccc(C(=O)NC(C)CC(C)N)c(O)c1. The van der Waals surface area contributed by atoms with Gasteiger partial charge in [-0.2, -0.15) is 0 Å². The van der Waals surface area contributed by atoms with Crippen molar-refractivity contribution in [2.45, 2.75) is 32.4 Å². The van der Waals surface area contributed by atoms with E-state index in [4.69, 9.17) is 10.5 Å². The molecule has 0 fully saturated rings. The van der Waals surface area contributed by atoms with Crippen LogP contribution in [0.2, 0.25) is 0 Å². The molecule has 1 rings (SSSR count). The van der Waals surface area contributed by atoms with Crippen molar-refractivity contribution in [3.05, 3.63) is 23.8 Å². The number of benzene rings is 1. The Morgan fingerprint density at radius 3 is 2.67 bits per heavy atom. The Morgan fingerprint density at radius 2 is 2.17 bits per heavy atom. The van der Waals surface area contributed by atoms with Gasteiger partial charge in [0, 0.05) is 18.2 Å². The van der Waals surface area contributed by atoms with Crippen LogP contribution in [0.3, 0.4) is 0 Å². The molecule has 0 saturated carbocycles. The molecular weight excluding hydrogens is 232 g/mol. The fourth-order valence-corrected chi connectivity index (χ4v) is 1.75. The maximum absolute atomic E-state index is 11.9. The summed E-state index contributed by atoms with van der Waals surface area (Å²) in [6.07, 6.45) is 0.683. The van der Waals surface area contributed by atoms with Gasteiger partial charge in [0.25, 0.3) is 5.91 Å². The van der Waals surface area contributed by atoms with E-state index in [1.165, 1.54) is 19.2 Å². The van der Waals surface area contributed by atoms with E-state index in [1.807, 2.05) is 13.8 Å². The number of hydrogen-bond acceptors (Lipinski definition) is 4. The molecule has 5 nitrogen and oxygen atoms in total. The Bertz CT molecular complexity index is 419. The molecule has 0 saturated heterocycles. The third-order valence-corrected chi connectivity index (χ3v) is 2.55. The lowest BCUT2D eigenvalue weighted by Gasteiger charge is -2.16. The Balaban J connectivity index is 2.72. The van der Waals surface area contributed by atoms with E-state index in [9.17, 15) is 9.90 Å². The molecule has 0 spiro atoms. The second kappa shape index (κ2) is 6.26. The number of hydrogen-bond donors (Lipinski definition) is 3. The molecule has 4 N–H and O–H groups in total. The molecular formula is C13H20N2O3. The van der Waals surface area contributed by atoms with Gasteiger partial charge >= 0.3 is 0 Å². The molecule has 100 valence electrons. The Morgan fingerprint density at radius 1 is 1.50 bits per heavy atom. The number of carbonyl (C=O) groups excluding carboxylic acids is 1. The molecule has 2 unspecified atom stereocenters. The Kier molecular flexibility index (Phi) is 4.97. The minimum atomic E-state index is -0.316. The highest BCUT2D eigenvalue weighted by molar-refractivity contribution is 5.97. The van der Waals surface area contributed by atoms with Gasteiger partial charge in [0.05, 0.1) is 12.7 Å². The second-order valence-electron chi connectivity index (χ2n) is 4.47. The first kappa shape index (κ1) is 14.3. The van der Waals surface area contributed by atoms with E-state index in [-0.39, 0.29) is 29.3 Å². The van der Waals surface area contributed by atoms with Crippen LogP contribution in [0.1, 0.15) is 30.6 Å². The monoisotopic (exact) mass is 252 g/mol. The first-order valence-electron chi connectivity index (χ1n) is 5.87. The fourth-order valence-electron chi connectivity index (χ4n) is 1.75. The molecule has 0 aliphatic carbocycles. The second-order valence-corrected chi connectivity index (χ2v) is 4.47. The van der Waals surface area contributed by atoms with Gasteiger partial charge in [-0.15, -0.1) is 0 Å². The van der Waals surface area contributed by atoms with E-state index >= 15 is 0 Å². The van der Waals surface area contributed by atoms with Crippen LogP contribution in [-0.2, 0) is 0 Å². The lowest BCUT2D eigenvalue weighted by Crippen LogP contribution is -2.36. The highest BCUT2D eigenvalue weighted by Crippen LogP contribution is 2.23. The number of carbonyl (C=O) groups is 1. The zero-order valence-electron chi connectivity index (χ0n) is 10.9. The van der Waals surface area contributed by atoms with E-state index in [2.05, 4.69) is 5.32 Å². The number of ether oxygens (including phenoxy) is 1. The van der Waals surface area contributed by atoms with Crippen molar-refractivity contribution in [3.63, 3.8) is 0 Å². The zero-order chi connectivity index (χ0) is 13.7. The minimum Gasteiger partial charge on any atom is -0.507 e. The number of amides is 1. The summed E-state index contributed by atoms with van der Waals surface area (Å²) in [7, 11) is 1.50. The summed E-state index contributed by atoms with van der Waals surface area (Å²) in [5, 5.41) is 12.5. The molecule has 0 radical (unpaired) electrons. The maximum atomic E-state index is 11.9. The molecule has 0 bridgehead atoms. The molecule has 0 aromatic heterocycles. The average Bonchev–Trinajstić information content (AvgIpc) is 2.27. The number of nitrogens with two attached hydrogens (primary N) is 1. The van der Waals surface area contributed by atoms with Gasteiger partial charge in [0.15, 0.2) is 0 Å². The van der Waals surface area contributed by atoms with Crippen LogP contribution >= 0.6 is 0 Å². The van der Waals surface area contributed by atoms with E-state index in [0.29, 0.717) is 12.2 Å². The quantitative estimate of drug-likeness (QED) is 0.736. The van der Waals surface area contributed by atoms with Gasteiger partial charge < -0.3 is 20.9 Å². The zero-order valence-corrected chi connectivity index (χ0v) is 10.9. The Labute approximate surface area is 107 Å². The van der Waals surface area contributed by atoms with Crippen molar-refractivity contribution in [3.8, 4) is 11.5 Å². The van der Waals surface area contributed by atoms with E-state index < -0.39 is 0 Å². The van der Waals surface area contributed by atoms with Crippen molar-refractivity contribution < 1.29 is 14.6 Å². The van der Waals surface area contributed by atoms with Crippen LogP contribution in [0, 0.1) is 0 Å². The minimum absolute atomic E-state index is 0.0183. The first-order chi connectivity index (χ1) is 8.43. The molecule has 0 aliphatic heterocycles. The third kappa shape index (κ3) is 3.92. The van der Waals surface area contributed by atoms with Crippen LogP contribution in [0.15, 0.2) is 18.2 Å². The van der Waals surface area contributed by atoms with Crippen LogP contribution in [0.5, 0.6) is 11.5 Å². The van der Waals surface area contributed by atoms with E-state index in [1.54, 1.807) is 6.07 Å². The number of phenolic OH excluding ortho intramolecular Hbond substituents is 1. The summed E-state index contributed by atoms with van der Waals surface area (Å²) in [4.78, 5) is 11.9. The summed E-state index contributed by atoms with van der Waals surface area (Å²) in [5.74, 6) is 0.0934. The van der Waals surface area contributed by atoms with Crippen molar-refractivity contribution in [2.75, 3.05) is 7.11 Å². The van der Waals surface area contributed by atoms with Crippen LogP contribution in [-0.4, -0.2) is 30.2 Å². The topological polar surface area (TPSA) is 84.6 Å². The summed E-state index contributed by atoms with van der Waals surface area (Å²) >= 11 is 0. The van der Waals surface area contributed by atoms with Gasteiger partial charge in [-0.3, -0.25) is 4.79 Å². The Hall–Kier alpha value is -1.75. The predicted octanol–water partition coefficient (Wildman–Crippen LogP) is 1.26. The highest BCUT2D eigenvalue weighted by Gasteiger charge is 2.15. The number of nitrogens with one attached hydrogen (secondary N) is 1. The maximum Gasteiger partial charge on any atom is 0.255 e. The lowest BCUT2D eigenvalue weighted by atomic mass is 10.1. The summed E-state index contributed by atoms with van der Waals surface area (Å²) in [6.45, 7) is 3.76. The molecule has 5 heteroatoms. The molecule has 1 aromatic rings. The summed E-state index contributed by atoms with van der Waals surface area (Å²) in [6, 6.07) is 4.54. The van der Waals surface area contributed by atoms with E-state index in [0.717, 1.165) is 0 Å². The standard InChI is InChI=1S/C13H20N2O3/c1-8(14)6-9(2)15-13(17)11-5-4-10(18-3)7-12(11)16/h4-5,7-9,16H,6,14H2,1-3H3,(H,15,17). The van der Waals surface area contributed by atoms with Gasteiger partial charge in [-0.05, 0) is 32.4 Å².